The summed E-state index contributed by atoms with van der Waals surface area (Å²) in [5.41, 5.74) is 3.41. The molecule has 2 saturated heterocycles. The molecule has 4 atom stereocenters. The number of hydrogen-bond donors (Lipinski definition) is 2. The molecule has 38 heavy (non-hydrogen) atoms. The number of carbonyl (C=O) groups is 3. The molecule has 2 heterocycles. The topological polar surface area (TPSA) is 115 Å². The fraction of sp³-hybridized carbons (Fsp3) is 0.393. The molecule has 0 radical (unpaired) electrons. The summed E-state index contributed by atoms with van der Waals surface area (Å²) in [5, 5.41) is 5.80. The van der Waals surface area contributed by atoms with E-state index in [-0.39, 0.29) is 30.8 Å². The number of amides is 2. The standard InChI is InChI=1S/C28H31N3O7/c1-3-23-25(30-28(34)38-23)17-8-10-18(11-9-17)29-27(33)21-15-22-26(21)36-13-12-31(22)19-6-5-7-20(14-19)37-16-24(32)35-4-2/h5-11,14-15,21,23,25-26H,3-4,12-13,16H2,1-2H3,(H,29,33)(H,30,34). The molecule has 2 amide bonds. The van der Waals surface area contributed by atoms with Crippen LogP contribution in [0.5, 0.6) is 5.75 Å². The van der Waals surface area contributed by atoms with Crippen molar-refractivity contribution in [1.82, 2.24) is 5.32 Å². The van der Waals surface area contributed by atoms with Crippen molar-refractivity contribution >= 4 is 29.3 Å². The van der Waals surface area contributed by atoms with Crippen LogP contribution in [0.15, 0.2) is 60.3 Å². The number of anilines is 2. The summed E-state index contributed by atoms with van der Waals surface area (Å²) in [4.78, 5) is 38.4. The molecule has 2 aliphatic heterocycles. The predicted molar refractivity (Wildman–Crippen MR) is 139 cm³/mol. The van der Waals surface area contributed by atoms with Gasteiger partial charge in [-0.3, -0.25) is 4.79 Å². The van der Waals surface area contributed by atoms with Crippen LogP contribution < -0.4 is 20.3 Å². The summed E-state index contributed by atoms with van der Waals surface area (Å²) in [6, 6.07) is 14.7. The average Bonchev–Trinajstić information content (AvgIpc) is 3.29. The van der Waals surface area contributed by atoms with Crippen LogP contribution in [-0.4, -0.2) is 56.5 Å². The van der Waals surface area contributed by atoms with E-state index in [1.165, 1.54) is 0 Å². The molecule has 2 aromatic rings. The monoisotopic (exact) mass is 521 g/mol. The van der Waals surface area contributed by atoms with Gasteiger partial charge in [0.25, 0.3) is 0 Å². The number of nitrogens with one attached hydrogen (secondary N) is 2. The van der Waals surface area contributed by atoms with Crippen LogP contribution in [0.1, 0.15) is 31.9 Å². The van der Waals surface area contributed by atoms with Crippen molar-refractivity contribution in [3.63, 3.8) is 0 Å². The normalized spacial score (nSPS) is 23.8. The minimum atomic E-state index is -0.418. The predicted octanol–water partition coefficient (Wildman–Crippen LogP) is 3.55. The smallest absolute Gasteiger partial charge is 0.408 e. The Morgan fingerprint density at radius 1 is 1.16 bits per heavy atom. The van der Waals surface area contributed by atoms with E-state index in [2.05, 4.69) is 15.5 Å². The number of cyclic esters (lactones) is 1. The van der Waals surface area contributed by atoms with Crippen LogP contribution in [0.2, 0.25) is 0 Å². The molecule has 1 aliphatic carbocycles. The zero-order chi connectivity index (χ0) is 26.6. The summed E-state index contributed by atoms with van der Waals surface area (Å²) in [6.45, 7) is 4.98. The molecule has 0 bridgehead atoms. The van der Waals surface area contributed by atoms with Gasteiger partial charge in [-0.25, -0.2) is 9.59 Å². The highest BCUT2D eigenvalue weighted by Crippen LogP contribution is 2.39. The Balaban J connectivity index is 1.21. The number of esters is 1. The number of morpholine rings is 1. The number of rotatable bonds is 9. The van der Waals surface area contributed by atoms with Gasteiger partial charge in [0.2, 0.25) is 5.91 Å². The second kappa shape index (κ2) is 11.1. The lowest BCUT2D eigenvalue weighted by molar-refractivity contribution is -0.145. The Kier molecular flexibility index (Phi) is 7.50. The largest absolute Gasteiger partial charge is 0.482 e. The second-order valence-electron chi connectivity index (χ2n) is 9.24. The fourth-order valence-electron chi connectivity index (χ4n) is 4.92. The number of nitrogens with zero attached hydrogens (tertiary/aromatic N) is 1. The lowest BCUT2D eigenvalue weighted by Gasteiger charge is -2.45. The Bertz CT molecular complexity index is 1230. The van der Waals surface area contributed by atoms with Gasteiger partial charge in [0.15, 0.2) is 6.61 Å². The number of ether oxygens (including phenoxy) is 4. The van der Waals surface area contributed by atoms with Crippen LogP contribution in [0.4, 0.5) is 16.2 Å². The zero-order valence-corrected chi connectivity index (χ0v) is 21.3. The third-order valence-electron chi connectivity index (χ3n) is 6.83. The van der Waals surface area contributed by atoms with Gasteiger partial charge >= 0.3 is 12.1 Å². The third-order valence-corrected chi connectivity index (χ3v) is 6.83. The molecule has 4 unspecified atom stereocenters. The molecular formula is C28H31N3O7. The molecule has 0 aromatic heterocycles. The maximum absolute atomic E-state index is 13.0. The molecule has 3 aliphatic rings. The first-order valence-electron chi connectivity index (χ1n) is 12.8. The summed E-state index contributed by atoms with van der Waals surface area (Å²) >= 11 is 0. The van der Waals surface area contributed by atoms with Gasteiger partial charge < -0.3 is 34.5 Å². The van der Waals surface area contributed by atoms with Crippen LogP contribution in [0.25, 0.3) is 0 Å². The van der Waals surface area contributed by atoms with E-state index in [1.54, 1.807) is 13.0 Å². The van der Waals surface area contributed by atoms with Crippen molar-refractivity contribution in [3.05, 3.63) is 65.9 Å². The summed E-state index contributed by atoms with van der Waals surface area (Å²) in [5.74, 6) is -0.421. The molecule has 2 N–H and O–H groups in total. The fourth-order valence-corrected chi connectivity index (χ4v) is 4.92. The van der Waals surface area contributed by atoms with Gasteiger partial charge in [0, 0.05) is 29.7 Å². The van der Waals surface area contributed by atoms with Gasteiger partial charge in [0.05, 0.1) is 25.2 Å². The van der Waals surface area contributed by atoms with Gasteiger partial charge in [-0.2, -0.15) is 0 Å². The first-order chi connectivity index (χ1) is 18.5. The van der Waals surface area contributed by atoms with Crippen molar-refractivity contribution in [3.8, 4) is 5.75 Å². The molecule has 0 saturated carbocycles. The van der Waals surface area contributed by atoms with E-state index in [0.29, 0.717) is 37.6 Å². The third kappa shape index (κ3) is 5.31. The van der Waals surface area contributed by atoms with E-state index in [9.17, 15) is 14.4 Å². The van der Waals surface area contributed by atoms with Crippen molar-refractivity contribution in [1.29, 1.82) is 0 Å². The average molecular weight is 522 g/mol. The SMILES string of the molecule is CCOC(=O)COc1cccc(N2CCOC3C2=CC3C(=O)Nc2ccc(C3NC(=O)OC3CC)cc2)c1. The molecule has 2 fully saturated rings. The second-order valence-corrected chi connectivity index (χ2v) is 9.24. The summed E-state index contributed by atoms with van der Waals surface area (Å²) < 4.78 is 21.7. The van der Waals surface area contributed by atoms with Crippen LogP contribution >= 0.6 is 0 Å². The molecule has 200 valence electrons. The molecule has 2 aromatic carbocycles. The van der Waals surface area contributed by atoms with Gasteiger partial charge in [-0.05, 0) is 49.2 Å². The number of benzene rings is 2. The van der Waals surface area contributed by atoms with Crippen molar-refractivity contribution in [2.75, 3.05) is 36.6 Å². The van der Waals surface area contributed by atoms with E-state index >= 15 is 0 Å². The number of fused-ring (bicyclic) bond motifs is 1. The quantitative estimate of drug-likeness (QED) is 0.482. The molecular weight excluding hydrogens is 490 g/mol. The molecule has 0 spiro atoms. The van der Waals surface area contributed by atoms with Crippen LogP contribution in [-0.2, 0) is 23.8 Å². The van der Waals surface area contributed by atoms with E-state index < -0.39 is 18.0 Å². The minimum Gasteiger partial charge on any atom is -0.482 e. The Morgan fingerprint density at radius 2 is 1.97 bits per heavy atom. The highest BCUT2D eigenvalue weighted by Gasteiger charge is 2.44. The number of carbonyl (C=O) groups excluding carboxylic acids is 3. The highest BCUT2D eigenvalue weighted by molar-refractivity contribution is 5.96. The first kappa shape index (κ1) is 25.6. The Labute approximate surface area is 220 Å². The van der Waals surface area contributed by atoms with Gasteiger partial charge in [-0.1, -0.05) is 25.1 Å². The van der Waals surface area contributed by atoms with Crippen molar-refractivity contribution in [2.24, 2.45) is 5.92 Å². The lowest BCUT2D eigenvalue weighted by atomic mass is 9.84. The minimum absolute atomic E-state index is 0.149. The molecule has 10 heteroatoms. The number of hydrogen-bond acceptors (Lipinski definition) is 8. The van der Waals surface area contributed by atoms with Gasteiger partial charge in [0.1, 0.15) is 18.0 Å². The highest BCUT2D eigenvalue weighted by atomic mass is 16.6. The Morgan fingerprint density at radius 3 is 2.74 bits per heavy atom. The van der Waals surface area contributed by atoms with Crippen LogP contribution in [0.3, 0.4) is 0 Å². The van der Waals surface area contributed by atoms with Gasteiger partial charge in [-0.15, -0.1) is 0 Å². The zero-order valence-electron chi connectivity index (χ0n) is 21.3. The van der Waals surface area contributed by atoms with Crippen molar-refractivity contribution in [2.45, 2.75) is 38.5 Å². The summed E-state index contributed by atoms with van der Waals surface area (Å²) in [7, 11) is 0. The molecule has 5 rings (SSSR count). The van der Waals surface area contributed by atoms with E-state index in [0.717, 1.165) is 16.9 Å². The maximum atomic E-state index is 13.0. The lowest BCUT2D eigenvalue weighted by Crippen LogP contribution is -2.52. The molecule has 10 nitrogen and oxygen atoms in total. The number of alkyl carbamates (subject to hydrolysis) is 1. The van der Waals surface area contributed by atoms with Crippen LogP contribution in [0, 0.1) is 5.92 Å². The Hall–Kier alpha value is -4.05. The summed E-state index contributed by atoms with van der Waals surface area (Å²) in [6.07, 6.45) is 1.66. The first-order valence-corrected chi connectivity index (χ1v) is 12.8. The van der Waals surface area contributed by atoms with E-state index in [1.807, 2.05) is 55.5 Å². The van der Waals surface area contributed by atoms with Crippen molar-refractivity contribution < 1.29 is 33.3 Å². The maximum Gasteiger partial charge on any atom is 0.408 e. The van der Waals surface area contributed by atoms with E-state index in [4.69, 9.17) is 18.9 Å².